The van der Waals surface area contributed by atoms with Crippen molar-refractivity contribution in [2.24, 2.45) is 0 Å². The maximum absolute atomic E-state index is 11.1. The van der Waals surface area contributed by atoms with Crippen LogP contribution in [0.2, 0.25) is 0 Å². The van der Waals surface area contributed by atoms with E-state index in [4.69, 9.17) is 0 Å². The van der Waals surface area contributed by atoms with E-state index >= 15 is 0 Å². The number of H-pyrrole nitrogens is 1. The number of nitrogens with one attached hydrogen (secondary N) is 2. The van der Waals surface area contributed by atoms with Gasteiger partial charge in [-0.05, 0) is 24.1 Å². The van der Waals surface area contributed by atoms with Crippen LogP contribution in [0.5, 0.6) is 0 Å². The molecular weight excluding hydrogens is 230 g/mol. The van der Waals surface area contributed by atoms with E-state index in [9.17, 15) is 4.79 Å². The summed E-state index contributed by atoms with van der Waals surface area (Å²) in [6.45, 7) is 0. The summed E-state index contributed by atoms with van der Waals surface area (Å²) in [5, 5.41) is 9.92. The van der Waals surface area contributed by atoms with E-state index in [0.717, 1.165) is 17.1 Å². The van der Waals surface area contributed by atoms with Gasteiger partial charge in [-0.25, -0.2) is 0 Å². The molecule has 2 N–H and O–H groups in total. The Balaban J connectivity index is 1.99. The second-order valence-corrected chi connectivity index (χ2v) is 3.86. The Kier molecular flexibility index (Phi) is 3.96. The number of ether oxygens (including phenoxy) is 1. The second kappa shape index (κ2) is 5.86. The Bertz CT molecular complexity index is 509. The van der Waals surface area contributed by atoms with Crippen molar-refractivity contribution >= 4 is 17.5 Å². The maximum Gasteiger partial charge on any atom is 0.305 e. The fraction of sp³-hybridized carbons (Fsp3) is 0.231. The normalized spacial score (nSPS) is 10.1. The molecule has 1 aromatic carbocycles. The quantitative estimate of drug-likeness (QED) is 0.793. The molecule has 0 atom stereocenters. The summed E-state index contributed by atoms with van der Waals surface area (Å²) in [5.41, 5.74) is 2.03. The second-order valence-electron chi connectivity index (χ2n) is 3.86. The molecule has 0 saturated heterocycles. The predicted molar refractivity (Wildman–Crippen MR) is 68.6 cm³/mol. The average molecular weight is 245 g/mol. The molecule has 0 bridgehead atoms. The van der Waals surface area contributed by atoms with Gasteiger partial charge in [0.1, 0.15) is 0 Å². The lowest BCUT2D eigenvalue weighted by molar-refractivity contribution is -0.140. The molecule has 0 aliphatic carbocycles. The van der Waals surface area contributed by atoms with Crippen molar-refractivity contribution in [2.75, 3.05) is 12.4 Å². The van der Waals surface area contributed by atoms with Gasteiger partial charge in [0.15, 0.2) is 5.82 Å². The zero-order valence-corrected chi connectivity index (χ0v) is 10.1. The van der Waals surface area contributed by atoms with Gasteiger partial charge in [-0.3, -0.25) is 9.89 Å². The largest absolute Gasteiger partial charge is 0.469 e. The first-order chi connectivity index (χ1) is 8.78. The molecule has 1 heterocycles. The highest BCUT2D eigenvalue weighted by Crippen LogP contribution is 2.16. The Labute approximate surface area is 105 Å². The van der Waals surface area contributed by atoms with E-state index in [1.165, 1.54) is 7.11 Å². The lowest BCUT2D eigenvalue weighted by atomic mass is 10.1. The van der Waals surface area contributed by atoms with Crippen LogP contribution in [0.4, 0.5) is 11.5 Å². The highest BCUT2D eigenvalue weighted by molar-refractivity contribution is 5.69. The summed E-state index contributed by atoms with van der Waals surface area (Å²) in [5.74, 6) is 0.570. The van der Waals surface area contributed by atoms with Crippen LogP contribution in [0.3, 0.4) is 0 Å². The SMILES string of the molecule is COC(=O)CCc1cccc(Nc2cc[nH]n2)c1. The molecule has 0 amide bonds. The lowest BCUT2D eigenvalue weighted by Gasteiger charge is -2.05. The predicted octanol–water partition coefficient (Wildman–Crippen LogP) is 2.26. The first-order valence-electron chi connectivity index (χ1n) is 5.70. The van der Waals surface area contributed by atoms with Gasteiger partial charge < -0.3 is 10.1 Å². The molecule has 94 valence electrons. The number of benzene rings is 1. The van der Waals surface area contributed by atoms with Gasteiger partial charge in [-0.1, -0.05) is 12.1 Å². The van der Waals surface area contributed by atoms with Gasteiger partial charge in [-0.2, -0.15) is 5.10 Å². The molecule has 18 heavy (non-hydrogen) atoms. The summed E-state index contributed by atoms with van der Waals surface area (Å²) < 4.78 is 4.62. The minimum atomic E-state index is -0.194. The minimum Gasteiger partial charge on any atom is -0.469 e. The van der Waals surface area contributed by atoms with Crippen LogP contribution in [-0.4, -0.2) is 23.3 Å². The van der Waals surface area contributed by atoms with Crippen LogP contribution in [0.15, 0.2) is 36.5 Å². The Morgan fingerprint density at radius 3 is 3.06 bits per heavy atom. The van der Waals surface area contributed by atoms with Crippen molar-refractivity contribution in [3.05, 3.63) is 42.1 Å². The van der Waals surface area contributed by atoms with Crippen LogP contribution in [0.25, 0.3) is 0 Å². The van der Waals surface area contributed by atoms with Crippen LogP contribution in [0, 0.1) is 0 Å². The van der Waals surface area contributed by atoms with E-state index in [-0.39, 0.29) is 5.97 Å². The molecule has 0 aliphatic rings. The van der Waals surface area contributed by atoms with Gasteiger partial charge in [0.2, 0.25) is 0 Å². The standard InChI is InChI=1S/C13H15N3O2/c1-18-13(17)6-5-10-3-2-4-11(9-10)15-12-7-8-14-16-12/h2-4,7-9H,5-6H2,1H3,(H2,14,15,16). The number of hydrogen-bond donors (Lipinski definition) is 2. The summed E-state index contributed by atoms with van der Waals surface area (Å²) in [6.07, 6.45) is 2.81. The van der Waals surface area contributed by atoms with Crippen LogP contribution >= 0.6 is 0 Å². The van der Waals surface area contributed by atoms with E-state index in [2.05, 4.69) is 20.3 Å². The van der Waals surface area contributed by atoms with E-state index in [0.29, 0.717) is 12.8 Å². The first-order valence-corrected chi connectivity index (χ1v) is 5.70. The maximum atomic E-state index is 11.1. The number of carbonyl (C=O) groups is 1. The number of carbonyl (C=O) groups excluding carboxylic acids is 1. The molecule has 0 radical (unpaired) electrons. The molecule has 0 aliphatic heterocycles. The molecule has 5 heteroatoms. The van der Waals surface area contributed by atoms with Gasteiger partial charge >= 0.3 is 5.97 Å². The molecule has 2 rings (SSSR count). The van der Waals surface area contributed by atoms with Gasteiger partial charge in [0.25, 0.3) is 0 Å². The third-order valence-electron chi connectivity index (χ3n) is 2.55. The van der Waals surface area contributed by atoms with E-state index in [1.54, 1.807) is 6.20 Å². The van der Waals surface area contributed by atoms with Gasteiger partial charge in [0, 0.05) is 24.4 Å². The van der Waals surface area contributed by atoms with Crippen molar-refractivity contribution in [1.29, 1.82) is 0 Å². The summed E-state index contributed by atoms with van der Waals surface area (Å²) >= 11 is 0. The molecular formula is C13H15N3O2. The number of aryl methyl sites for hydroxylation is 1. The van der Waals surface area contributed by atoms with Gasteiger partial charge in [-0.15, -0.1) is 0 Å². The van der Waals surface area contributed by atoms with Crippen LogP contribution < -0.4 is 5.32 Å². The molecule has 2 aromatic rings. The highest BCUT2D eigenvalue weighted by Gasteiger charge is 2.02. The zero-order valence-electron chi connectivity index (χ0n) is 10.1. The summed E-state index contributed by atoms with van der Waals surface area (Å²) in [4.78, 5) is 11.1. The smallest absolute Gasteiger partial charge is 0.305 e. The molecule has 0 spiro atoms. The fourth-order valence-electron chi connectivity index (χ4n) is 1.63. The number of hydrogen-bond acceptors (Lipinski definition) is 4. The van der Waals surface area contributed by atoms with Gasteiger partial charge in [0.05, 0.1) is 7.11 Å². The van der Waals surface area contributed by atoms with Crippen molar-refractivity contribution in [3.8, 4) is 0 Å². The van der Waals surface area contributed by atoms with E-state index in [1.807, 2.05) is 30.3 Å². The highest BCUT2D eigenvalue weighted by atomic mass is 16.5. The van der Waals surface area contributed by atoms with Crippen LogP contribution in [0.1, 0.15) is 12.0 Å². The topological polar surface area (TPSA) is 67.0 Å². The number of rotatable bonds is 5. The average Bonchev–Trinajstić information content (AvgIpc) is 2.89. The third-order valence-corrected chi connectivity index (χ3v) is 2.55. The lowest BCUT2D eigenvalue weighted by Crippen LogP contribution is -2.02. The van der Waals surface area contributed by atoms with Crippen molar-refractivity contribution in [1.82, 2.24) is 10.2 Å². The number of aromatic amines is 1. The number of nitrogens with zero attached hydrogens (tertiary/aromatic N) is 1. The monoisotopic (exact) mass is 245 g/mol. The molecule has 5 nitrogen and oxygen atoms in total. The Morgan fingerprint density at radius 2 is 2.33 bits per heavy atom. The van der Waals surface area contributed by atoms with Crippen molar-refractivity contribution < 1.29 is 9.53 Å². The van der Waals surface area contributed by atoms with Crippen molar-refractivity contribution in [3.63, 3.8) is 0 Å². The fourth-order valence-corrected chi connectivity index (χ4v) is 1.63. The molecule has 0 saturated carbocycles. The van der Waals surface area contributed by atoms with E-state index < -0.39 is 0 Å². The first kappa shape index (κ1) is 12.2. The third kappa shape index (κ3) is 3.35. The molecule has 0 fully saturated rings. The molecule has 1 aromatic heterocycles. The number of anilines is 2. The minimum absolute atomic E-state index is 0.194. The summed E-state index contributed by atoms with van der Waals surface area (Å²) in [6, 6.07) is 9.73. The Morgan fingerprint density at radius 1 is 1.44 bits per heavy atom. The van der Waals surface area contributed by atoms with Crippen LogP contribution in [-0.2, 0) is 16.0 Å². The molecule has 0 unspecified atom stereocenters. The summed E-state index contributed by atoms with van der Waals surface area (Å²) in [7, 11) is 1.40. The number of aromatic nitrogens is 2. The Hall–Kier alpha value is -2.30. The zero-order chi connectivity index (χ0) is 12.8. The van der Waals surface area contributed by atoms with Crippen molar-refractivity contribution in [2.45, 2.75) is 12.8 Å². The number of esters is 1. The number of methoxy groups -OCH3 is 1.